The molecule has 0 unspecified atom stereocenters. The molecule has 1 heterocycles. The van der Waals surface area contributed by atoms with Crippen LogP contribution in [0.25, 0.3) is 0 Å². The number of aromatic nitrogens is 2. The van der Waals surface area contributed by atoms with Crippen molar-refractivity contribution in [2.75, 3.05) is 6.54 Å². The predicted octanol–water partition coefficient (Wildman–Crippen LogP) is 3.49. The van der Waals surface area contributed by atoms with E-state index < -0.39 is 6.04 Å². The summed E-state index contributed by atoms with van der Waals surface area (Å²) in [7, 11) is 0. The second-order valence-corrected chi connectivity index (χ2v) is 7.70. The molecule has 0 aliphatic heterocycles. The second kappa shape index (κ2) is 10.6. The maximum Gasteiger partial charge on any atom is 0.237 e. The highest BCUT2D eigenvalue weighted by molar-refractivity contribution is 5.85. The molecule has 0 radical (unpaired) electrons. The van der Waals surface area contributed by atoms with Crippen LogP contribution in [0.2, 0.25) is 0 Å². The maximum atomic E-state index is 12.5. The third kappa shape index (κ3) is 5.85. The number of rotatable bonds is 8. The summed E-state index contributed by atoms with van der Waals surface area (Å²) < 4.78 is 2.02. The fourth-order valence-electron chi connectivity index (χ4n) is 3.61. The Bertz CT molecular complexity index is 927. The van der Waals surface area contributed by atoms with Gasteiger partial charge >= 0.3 is 0 Å². The number of hydrogen-bond acceptors (Lipinski definition) is 3. The van der Waals surface area contributed by atoms with Crippen LogP contribution in [0.4, 0.5) is 0 Å². The molecule has 1 amide bonds. The highest BCUT2D eigenvalue weighted by Crippen LogP contribution is 2.47. The van der Waals surface area contributed by atoms with Crippen LogP contribution in [0, 0.1) is 0 Å². The largest absolute Gasteiger partial charge is 0.354 e. The van der Waals surface area contributed by atoms with Crippen molar-refractivity contribution in [3.63, 3.8) is 0 Å². The summed E-state index contributed by atoms with van der Waals surface area (Å²) in [5.74, 6) is -0.111. The fraction of sp³-hybridized carbons (Fsp3) is 0.304. The SMILES string of the molecule is Cl.Cl.N[C@@H](Cc1cn(Cc2ccccc2)cn1)C(=O)NCC1(c2ccccc2)CC1. The summed E-state index contributed by atoms with van der Waals surface area (Å²) in [5, 5.41) is 3.05. The number of amides is 1. The van der Waals surface area contributed by atoms with Crippen LogP contribution < -0.4 is 11.1 Å². The van der Waals surface area contributed by atoms with Crippen molar-refractivity contribution in [2.45, 2.75) is 37.3 Å². The topological polar surface area (TPSA) is 72.9 Å². The molecule has 2 aromatic carbocycles. The Balaban J connectivity index is 0.00000160. The molecular weight excluding hydrogens is 419 g/mol. The average Bonchev–Trinajstić information content (AvgIpc) is 3.41. The quantitative estimate of drug-likeness (QED) is 0.555. The number of imidazole rings is 1. The Morgan fingerprint density at radius 1 is 1.07 bits per heavy atom. The molecule has 1 aliphatic carbocycles. The van der Waals surface area contributed by atoms with Crippen LogP contribution in [0.5, 0.6) is 0 Å². The lowest BCUT2D eigenvalue weighted by molar-refractivity contribution is -0.122. The second-order valence-electron chi connectivity index (χ2n) is 7.70. The summed E-state index contributed by atoms with van der Waals surface area (Å²) in [4.78, 5) is 16.9. The van der Waals surface area contributed by atoms with Crippen molar-refractivity contribution in [1.82, 2.24) is 14.9 Å². The van der Waals surface area contributed by atoms with Gasteiger partial charge in [0.05, 0.1) is 18.1 Å². The summed E-state index contributed by atoms with van der Waals surface area (Å²) >= 11 is 0. The zero-order valence-corrected chi connectivity index (χ0v) is 18.4. The van der Waals surface area contributed by atoms with Gasteiger partial charge in [-0.05, 0) is 24.0 Å². The van der Waals surface area contributed by atoms with E-state index in [2.05, 4.69) is 46.7 Å². The van der Waals surface area contributed by atoms with Gasteiger partial charge in [0.15, 0.2) is 0 Å². The van der Waals surface area contributed by atoms with Gasteiger partial charge in [-0.25, -0.2) is 4.98 Å². The van der Waals surface area contributed by atoms with Gasteiger partial charge in [0, 0.05) is 31.1 Å². The molecule has 3 aromatic rings. The highest BCUT2D eigenvalue weighted by atomic mass is 35.5. The van der Waals surface area contributed by atoms with E-state index in [9.17, 15) is 4.79 Å². The molecule has 1 fully saturated rings. The number of hydrogen-bond donors (Lipinski definition) is 2. The van der Waals surface area contributed by atoms with Gasteiger partial charge in [-0.15, -0.1) is 24.8 Å². The lowest BCUT2D eigenvalue weighted by Gasteiger charge is -2.18. The van der Waals surface area contributed by atoms with Gasteiger partial charge in [0.2, 0.25) is 5.91 Å². The van der Waals surface area contributed by atoms with Crippen molar-refractivity contribution in [2.24, 2.45) is 5.73 Å². The van der Waals surface area contributed by atoms with Crippen LogP contribution >= 0.6 is 24.8 Å². The first-order valence-corrected chi connectivity index (χ1v) is 9.78. The van der Waals surface area contributed by atoms with Crippen molar-refractivity contribution in [3.8, 4) is 0 Å². The van der Waals surface area contributed by atoms with E-state index in [1.165, 1.54) is 11.1 Å². The van der Waals surface area contributed by atoms with E-state index >= 15 is 0 Å². The predicted molar refractivity (Wildman–Crippen MR) is 124 cm³/mol. The molecule has 1 aromatic heterocycles. The Labute approximate surface area is 189 Å². The van der Waals surface area contributed by atoms with Crippen LogP contribution in [-0.4, -0.2) is 28.0 Å². The van der Waals surface area contributed by atoms with E-state index in [-0.39, 0.29) is 36.1 Å². The van der Waals surface area contributed by atoms with Crippen molar-refractivity contribution < 1.29 is 4.79 Å². The number of carbonyl (C=O) groups excluding carboxylic acids is 1. The first-order valence-electron chi connectivity index (χ1n) is 9.78. The number of nitrogens with zero attached hydrogens (tertiary/aromatic N) is 2. The normalized spacial score (nSPS) is 14.7. The minimum absolute atomic E-state index is 0. The van der Waals surface area contributed by atoms with Crippen LogP contribution in [0.15, 0.2) is 73.2 Å². The molecule has 3 N–H and O–H groups in total. The molecule has 0 saturated heterocycles. The van der Waals surface area contributed by atoms with Crippen molar-refractivity contribution in [3.05, 3.63) is 90.0 Å². The molecule has 4 rings (SSSR count). The molecule has 30 heavy (non-hydrogen) atoms. The first-order chi connectivity index (χ1) is 13.6. The Morgan fingerprint density at radius 3 is 2.33 bits per heavy atom. The van der Waals surface area contributed by atoms with Gasteiger partial charge in [-0.2, -0.15) is 0 Å². The lowest BCUT2D eigenvalue weighted by atomic mass is 9.96. The van der Waals surface area contributed by atoms with Crippen molar-refractivity contribution in [1.29, 1.82) is 0 Å². The minimum atomic E-state index is -0.591. The van der Waals surface area contributed by atoms with Gasteiger partial charge in [-0.1, -0.05) is 60.7 Å². The summed E-state index contributed by atoms with van der Waals surface area (Å²) in [6.45, 7) is 1.40. The number of carbonyl (C=O) groups is 1. The molecule has 5 nitrogen and oxygen atoms in total. The number of nitrogens with one attached hydrogen (secondary N) is 1. The summed E-state index contributed by atoms with van der Waals surface area (Å²) in [6.07, 6.45) is 6.41. The molecular formula is C23H28Cl2N4O. The van der Waals surface area contributed by atoms with Gasteiger partial charge in [0.1, 0.15) is 0 Å². The molecule has 160 valence electrons. The molecule has 0 spiro atoms. The minimum Gasteiger partial charge on any atom is -0.354 e. The number of halogens is 2. The average molecular weight is 447 g/mol. The van der Waals surface area contributed by atoms with E-state index in [4.69, 9.17) is 5.73 Å². The summed E-state index contributed by atoms with van der Waals surface area (Å²) in [6, 6.07) is 20.0. The highest BCUT2D eigenvalue weighted by Gasteiger charge is 2.44. The Morgan fingerprint density at radius 2 is 1.70 bits per heavy atom. The van der Waals surface area contributed by atoms with Gasteiger partial charge in [0.25, 0.3) is 0 Å². The number of benzene rings is 2. The Hall–Kier alpha value is -2.34. The van der Waals surface area contributed by atoms with Crippen molar-refractivity contribution >= 4 is 30.7 Å². The first kappa shape index (κ1) is 23.9. The third-order valence-electron chi connectivity index (χ3n) is 5.50. The Kier molecular flexibility index (Phi) is 8.47. The molecule has 7 heteroatoms. The maximum absolute atomic E-state index is 12.5. The zero-order chi connectivity index (χ0) is 19.4. The van der Waals surface area contributed by atoms with Gasteiger partial charge < -0.3 is 15.6 Å². The molecule has 1 aliphatic rings. The van der Waals surface area contributed by atoms with E-state index in [0.717, 1.165) is 25.1 Å². The molecule has 1 atom stereocenters. The van der Waals surface area contributed by atoms with Gasteiger partial charge in [-0.3, -0.25) is 4.79 Å². The molecule has 0 bridgehead atoms. The zero-order valence-electron chi connectivity index (χ0n) is 16.7. The number of nitrogens with two attached hydrogens (primary N) is 1. The van der Waals surface area contributed by atoms with Crippen LogP contribution in [-0.2, 0) is 23.2 Å². The monoisotopic (exact) mass is 446 g/mol. The smallest absolute Gasteiger partial charge is 0.237 e. The fourth-order valence-corrected chi connectivity index (χ4v) is 3.61. The van der Waals surface area contributed by atoms with E-state index in [1.807, 2.05) is 35.0 Å². The molecule has 1 saturated carbocycles. The third-order valence-corrected chi connectivity index (χ3v) is 5.50. The van der Waals surface area contributed by atoms with E-state index in [0.29, 0.717) is 13.0 Å². The van der Waals surface area contributed by atoms with E-state index in [1.54, 1.807) is 6.33 Å². The standard InChI is InChI=1S/C23H26N4O.2ClH/c24-21(13-20-15-27(17-26-20)14-18-7-3-1-4-8-18)22(28)25-16-23(11-12-23)19-9-5-2-6-10-19;;/h1-10,15,17,21H,11-14,16,24H2,(H,25,28);2*1H/t21-;;/m0../s1. The van der Waals surface area contributed by atoms with Crippen LogP contribution in [0.1, 0.15) is 29.7 Å². The van der Waals surface area contributed by atoms with Crippen LogP contribution in [0.3, 0.4) is 0 Å². The lowest BCUT2D eigenvalue weighted by Crippen LogP contribution is -2.44. The summed E-state index contributed by atoms with van der Waals surface area (Å²) in [5.41, 5.74) is 9.57.